The summed E-state index contributed by atoms with van der Waals surface area (Å²) < 4.78 is 1.12. The van der Waals surface area contributed by atoms with Crippen LogP contribution in [0.3, 0.4) is 0 Å². The SMILES string of the molecule is CCCCN(Cc1ccc(Cl)cc1Br)CC1CCCN1. The highest BCUT2D eigenvalue weighted by Crippen LogP contribution is 2.23. The summed E-state index contributed by atoms with van der Waals surface area (Å²) in [6.45, 7) is 6.75. The van der Waals surface area contributed by atoms with Crippen LogP contribution in [0, 0.1) is 0 Å². The third kappa shape index (κ3) is 5.03. The number of benzene rings is 1. The molecule has 1 aliphatic rings. The Balaban J connectivity index is 1.97. The van der Waals surface area contributed by atoms with Crippen LogP contribution in [0.4, 0.5) is 0 Å². The van der Waals surface area contributed by atoms with E-state index in [1.54, 1.807) is 0 Å². The van der Waals surface area contributed by atoms with Crippen LogP contribution in [0.15, 0.2) is 22.7 Å². The van der Waals surface area contributed by atoms with Crippen LogP contribution in [0.25, 0.3) is 0 Å². The van der Waals surface area contributed by atoms with E-state index < -0.39 is 0 Å². The number of halogens is 2. The molecule has 0 aromatic heterocycles. The van der Waals surface area contributed by atoms with Crippen LogP contribution in [-0.4, -0.2) is 30.6 Å². The predicted molar refractivity (Wildman–Crippen MR) is 90.4 cm³/mol. The Morgan fingerprint density at radius 1 is 1.45 bits per heavy atom. The summed E-state index contributed by atoms with van der Waals surface area (Å²) in [7, 11) is 0. The zero-order valence-electron chi connectivity index (χ0n) is 12.2. The number of nitrogens with one attached hydrogen (secondary N) is 1. The zero-order valence-corrected chi connectivity index (χ0v) is 14.5. The van der Waals surface area contributed by atoms with E-state index in [0.717, 1.165) is 22.6 Å². The monoisotopic (exact) mass is 358 g/mol. The fourth-order valence-electron chi connectivity index (χ4n) is 2.73. The van der Waals surface area contributed by atoms with Gasteiger partial charge < -0.3 is 5.32 Å². The van der Waals surface area contributed by atoms with Crippen LogP contribution in [-0.2, 0) is 6.54 Å². The molecule has 4 heteroatoms. The van der Waals surface area contributed by atoms with E-state index in [4.69, 9.17) is 11.6 Å². The van der Waals surface area contributed by atoms with Gasteiger partial charge in [-0.1, -0.05) is 46.9 Å². The van der Waals surface area contributed by atoms with Gasteiger partial charge in [0.25, 0.3) is 0 Å². The van der Waals surface area contributed by atoms with E-state index in [0.29, 0.717) is 6.04 Å². The first-order chi connectivity index (χ1) is 9.69. The molecule has 1 aliphatic heterocycles. The van der Waals surface area contributed by atoms with Crippen molar-refractivity contribution in [2.75, 3.05) is 19.6 Å². The molecular formula is C16H24BrClN2. The summed E-state index contributed by atoms with van der Waals surface area (Å²) in [5, 5.41) is 4.39. The maximum absolute atomic E-state index is 6.02. The van der Waals surface area contributed by atoms with Gasteiger partial charge in [0, 0.05) is 28.6 Å². The van der Waals surface area contributed by atoms with Crippen LogP contribution >= 0.6 is 27.5 Å². The number of hydrogen-bond donors (Lipinski definition) is 1. The molecule has 1 aromatic rings. The van der Waals surface area contributed by atoms with Crippen molar-refractivity contribution in [1.29, 1.82) is 0 Å². The van der Waals surface area contributed by atoms with E-state index >= 15 is 0 Å². The molecule has 0 aliphatic carbocycles. The van der Waals surface area contributed by atoms with Gasteiger partial charge in [0.15, 0.2) is 0 Å². The third-order valence-corrected chi connectivity index (χ3v) is 4.85. The standard InChI is InChI=1S/C16H24BrClN2/c1-2-3-9-20(12-15-5-4-8-19-15)11-13-6-7-14(18)10-16(13)17/h6-7,10,15,19H,2-5,8-9,11-12H2,1H3. The summed E-state index contributed by atoms with van der Waals surface area (Å²) in [6.07, 6.45) is 5.13. The van der Waals surface area contributed by atoms with Gasteiger partial charge in [0.2, 0.25) is 0 Å². The molecule has 1 heterocycles. The molecule has 0 amide bonds. The molecule has 0 saturated carbocycles. The summed E-state index contributed by atoms with van der Waals surface area (Å²) >= 11 is 9.65. The molecule has 1 N–H and O–H groups in total. The topological polar surface area (TPSA) is 15.3 Å². The normalized spacial score (nSPS) is 18.9. The van der Waals surface area contributed by atoms with Gasteiger partial charge in [-0.2, -0.15) is 0 Å². The lowest BCUT2D eigenvalue weighted by Gasteiger charge is -2.26. The van der Waals surface area contributed by atoms with Gasteiger partial charge in [-0.3, -0.25) is 4.90 Å². The van der Waals surface area contributed by atoms with Gasteiger partial charge >= 0.3 is 0 Å². The average Bonchev–Trinajstić information content (AvgIpc) is 2.92. The summed E-state index contributed by atoms with van der Waals surface area (Å²) in [5.41, 5.74) is 1.32. The summed E-state index contributed by atoms with van der Waals surface area (Å²) in [4.78, 5) is 2.57. The molecule has 0 spiro atoms. The Labute approximate surface area is 136 Å². The number of rotatable bonds is 7. The molecule has 20 heavy (non-hydrogen) atoms. The van der Waals surface area contributed by atoms with E-state index in [2.05, 4.69) is 39.1 Å². The fraction of sp³-hybridized carbons (Fsp3) is 0.625. The molecule has 0 radical (unpaired) electrons. The first-order valence-electron chi connectivity index (χ1n) is 7.58. The number of unbranched alkanes of at least 4 members (excludes halogenated alkanes) is 1. The second kappa shape index (κ2) is 8.38. The van der Waals surface area contributed by atoms with E-state index in [1.165, 1.54) is 44.3 Å². The first kappa shape index (κ1) is 16.3. The van der Waals surface area contributed by atoms with E-state index in [9.17, 15) is 0 Å². The van der Waals surface area contributed by atoms with Gasteiger partial charge in [0.05, 0.1) is 0 Å². The molecule has 2 rings (SSSR count). The van der Waals surface area contributed by atoms with E-state index in [1.807, 2.05) is 12.1 Å². The molecular weight excluding hydrogens is 336 g/mol. The lowest BCUT2D eigenvalue weighted by molar-refractivity contribution is 0.237. The fourth-order valence-corrected chi connectivity index (χ4v) is 3.54. The second-order valence-electron chi connectivity index (χ2n) is 5.62. The maximum Gasteiger partial charge on any atom is 0.0417 e. The van der Waals surface area contributed by atoms with Crippen molar-refractivity contribution < 1.29 is 0 Å². The van der Waals surface area contributed by atoms with Gasteiger partial charge in [-0.05, 0) is 50.0 Å². The number of hydrogen-bond acceptors (Lipinski definition) is 2. The van der Waals surface area contributed by atoms with Gasteiger partial charge in [-0.25, -0.2) is 0 Å². The smallest absolute Gasteiger partial charge is 0.0417 e. The minimum Gasteiger partial charge on any atom is -0.313 e. The molecule has 1 fully saturated rings. The lowest BCUT2D eigenvalue weighted by atomic mass is 10.1. The first-order valence-corrected chi connectivity index (χ1v) is 8.76. The third-order valence-electron chi connectivity index (χ3n) is 3.88. The Kier molecular flexibility index (Phi) is 6.82. The molecule has 1 atom stereocenters. The Morgan fingerprint density at radius 3 is 2.95 bits per heavy atom. The van der Waals surface area contributed by atoms with Crippen molar-refractivity contribution in [3.63, 3.8) is 0 Å². The highest BCUT2D eigenvalue weighted by atomic mass is 79.9. The average molecular weight is 360 g/mol. The van der Waals surface area contributed by atoms with Crippen molar-refractivity contribution in [2.45, 2.75) is 45.2 Å². The quantitative estimate of drug-likeness (QED) is 0.773. The zero-order chi connectivity index (χ0) is 14.4. The summed E-state index contributed by atoms with van der Waals surface area (Å²) in [5.74, 6) is 0. The minimum atomic E-state index is 0.665. The molecule has 2 nitrogen and oxygen atoms in total. The van der Waals surface area contributed by atoms with Gasteiger partial charge in [-0.15, -0.1) is 0 Å². The largest absolute Gasteiger partial charge is 0.313 e. The minimum absolute atomic E-state index is 0.665. The van der Waals surface area contributed by atoms with Gasteiger partial charge in [0.1, 0.15) is 0 Å². The van der Waals surface area contributed by atoms with Crippen molar-refractivity contribution in [2.24, 2.45) is 0 Å². The Bertz CT molecular complexity index is 419. The van der Waals surface area contributed by atoms with Crippen molar-refractivity contribution in [1.82, 2.24) is 10.2 Å². The molecule has 112 valence electrons. The molecule has 1 aromatic carbocycles. The summed E-state index contributed by atoms with van der Waals surface area (Å²) in [6, 6.07) is 6.77. The maximum atomic E-state index is 6.02. The molecule has 0 bridgehead atoms. The highest BCUT2D eigenvalue weighted by Gasteiger charge is 2.18. The highest BCUT2D eigenvalue weighted by molar-refractivity contribution is 9.10. The van der Waals surface area contributed by atoms with Crippen LogP contribution in [0.1, 0.15) is 38.2 Å². The van der Waals surface area contributed by atoms with Crippen molar-refractivity contribution in [3.05, 3.63) is 33.3 Å². The number of nitrogens with zero attached hydrogens (tertiary/aromatic N) is 1. The van der Waals surface area contributed by atoms with Crippen LogP contribution < -0.4 is 5.32 Å². The Hall–Kier alpha value is -0.0900. The van der Waals surface area contributed by atoms with Crippen LogP contribution in [0.5, 0.6) is 0 Å². The van der Waals surface area contributed by atoms with E-state index in [-0.39, 0.29) is 0 Å². The van der Waals surface area contributed by atoms with Crippen molar-refractivity contribution in [3.8, 4) is 0 Å². The van der Waals surface area contributed by atoms with Crippen molar-refractivity contribution >= 4 is 27.5 Å². The Morgan fingerprint density at radius 2 is 2.30 bits per heavy atom. The predicted octanol–water partition coefficient (Wildman–Crippen LogP) is 4.46. The molecule has 1 unspecified atom stereocenters. The van der Waals surface area contributed by atoms with Crippen LogP contribution in [0.2, 0.25) is 5.02 Å². The molecule has 1 saturated heterocycles. The lowest BCUT2D eigenvalue weighted by Crippen LogP contribution is -2.37. The second-order valence-corrected chi connectivity index (χ2v) is 6.91.